The summed E-state index contributed by atoms with van der Waals surface area (Å²) in [6, 6.07) is 12.3. The molecule has 0 aliphatic heterocycles. The second-order valence-electron chi connectivity index (χ2n) is 8.00. The van der Waals surface area contributed by atoms with Crippen LogP contribution in [0.15, 0.2) is 70.3 Å². The molecule has 0 aliphatic rings. The van der Waals surface area contributed by atoms with Gasteiger partial charge in [0, 0.05) is 28.9 Å². The predicted octanol–water partition coefficient (Wildman–Crippen LogP) is 5.04. The van der Waals surface area contributed by atoms with Gasteiger partial charge in [-0.3, -0.25) is 4.98 Å². The minimum atomic E-state index is -3.69. The molecule has 2 heterocycles. The van der Waals surface area contributed by atoms with E-state index >= 15 is 0 Å². The zero-order chi connectivity index (χ0) is 26.6. The average Bonchev–Trinajstić information content (AvgIpc) is 2.89. The highest BCUT2D eigenvalue weighted by molar-refractivity contribution is 9.10. The molecule has 2 aromatic heterocycles. The van der Waals surface area contributed by atoms with E-state index in [1.807, 2.05) is 0 Å². The van der Waals surface area contributed by atoms with E-state index in [4.69, 9.17) is 9.84 Å². The van der Waals surface area contributed by atoms with E-state index in [-0.39, 0.29) is 33.7 Å². The number of hydrogen-bond acceptors (Lipinski definition) is 6. The molecule has 0 spiro atoms. The molecule has 4 rings (SSSR count). The summed E-state index contributed by atoms with van der Waals surface area (Å²) in [6.45, 7) is 0. The van der Waals surface area contributed by atoms with Crippen molar-refractivity contribution in [3.8, 4) is 17.6 Å². The number of aromatic nitrogens is 2. The number of nitrogens with zero attached hydrogens (tertiary/aromatic N) is 2. The molecule has 0 atom stereocenters. The van der Waals surface area contributed by atoms with Crippen molar-refractivity contribution >= 4 is 42.6 Å². The molecule has 0 bridgehead atoms. The zero-order valence-corrected chi connectivity index (χ0v) is 21.9. The number of rotatable bonds is 7. The van der Waals surface area contributed by atoms with E-state index in [1.165, 1.54) is 49.8 Å². The number of methoxy groups -OCH3 is 1. The molecule has 0 aliphatic carbocycles. The van der Waals surface area contributed by atoms with E-state index in [9.17, 15) is 17.6 Å². The van der Waals surface area contributed by atoms with Crippen LogP contribution in [0, 0.1) is 17.7 Å². The van der Waals surface area contributed by atoms with Crippen molar-refractivity contribution in [3.63, 3.8) is 0 Å². The third-order valence-electron chi connectivity index (χ3n) is 5.58. The molecular weight excluding hydrogens is 563 g/mol. The summed E-state index contributed by atoms with van der Waals surface area (Å²) in [7, 11) is -2.18. The summed E-state index contributed by atoms with van der Waals surface area (Å²) in [5, 5.41) is 9.57. The number of carbonyl (C=O) groups is 1. The fourth-order valence-electron chi connectivity index (χ4n) is 3.76. The van der Waals surface area contributed by atoms with Crippen molar-refractivity contribution < 1.29 is 27.4 Å². The molecule has 0 fully saturated rings. The Morgan fingerprint density at radius 2 is 1.95 bits per heavy atom. The predicted molar refractivity (Wildman–Crippen MR) is 140 cm³/mol. The number of ether oxygens (including phenoxy) is 1. The topological polar surface area (TPSA) is 106 Å². The van der Waals surface area contributed by atoms with Crippen LogP contribution in [-0.4, -0.2) is 42.3 Å². The molecule has 0 saturated heterocycles. The van der Waals surface area contributed by atoms with Crippen molar-refractivity contribution in [2.45, 2.75) is 17.7 Å². The molecule has 188 valence electrons. The summed E-state index contributed by atoms with van der Waals surface area (Å²) in [5.41, 5.74) is 1.79. The first kappa shape index (κ1) is 26.3. The van der Waals surface area contributed by atoms with Crippen molar-refractivity contribution in [3.05, 3.63) is 93.6 Å². The summed E-state index contributed by atoms with van der Waals surface area (Å²) in [6.07, 6.45) is 3.37. The van der Waals surface area contributed by atoms with Gasteiger partial charge in [0.25, 0.3) is 0 Å². The van der Waals surface area contributed by atoms with Crippen LogP contribution >= 0.6 is 15.9 Å². The number of aromatic carboxylic acids is 1. The first-order valence-corrected chi connectivity index (χ1v) is 13.5. The Morgan fingerprint density at radius 1 is 1.14 bits per heavy atom. The van der Waals surface area contributed by atoms with Gasteiger partial charge in [-0.15, -0.1) is 0 Å². The number of carboxylic acid groups (broad SMARTS) is 1. The second kappa shape index (κ2) is 11.1. The first-order valence-electron chi connectivity index (χ1n) is 11.0. The normalized spacial score (nSPS) is 11.1. The number of aryl methyl sites for hydroxylation is 1. The highest BCUT2D eigenvalue weighted by Crippen LogP contribution is 2.30. The Hall–Kier alpha value is -3.81. The smallest absolute Gasteiger partial charge is 0.354 e. The van der Waals surface area contributed by atoms with Gasteiger partial charge in [-0.1, -0.05) is 11.8 Å². The molecule has 2 aromatic carbocycles. The van der Waals surface area contributed by atoms with E-state index < -0.39 is 21.6 Å². The standard InChI is InChI=1S/C27H20BrFN2O5S/c1-36-24-10-11-25(26-20(24)5-2-12-30-26)37(34,35)13-3-4-18-15-22(29)21(28)14-19(18)8-6-17-7-9-23(27(32)33)31-16-17/h2,5,7,9-12,14-16H,3-4,13H2,1H3,(H,32,33). The quantitative estimate of drug-likeness (QED) is 0.304. The van der Waals surface area contributed by atoms with Crippen molar-refractivity contribution in [1.82, 2.24) is 9.97 Å². The number of fused-ring (bicyclic) bond motifs is 1. The monoisotopic (exact) mass is 582 g/mol. The minimum absolute atomic E-state index is 0.100. The second-order valence-corrected chi connectivity index (χ2v) is 10.9. The van der Waals surface area contributed by atoms with Gasteiger partial charge in [-0.25, -0.2) is 22.6 Å². The highest BCUT2D eigenvalue weighted by atomic mass is 79.9. The molecule has 0 radical (unpaired) electrons. The summed E-state index contributed by atoms with van der Waals surface area (Å²) in [5.74, 6) is 4.58. The van der Waals surface area contributed by atoms with Crippen molar-refractivity contribution in [2.24, 2.45) is 0 Å². The summed E-state index contributed by atoms with van der Waals surface area (Å²) < 4.78 is 46.2. The summed E-state index contributed by atoms with van der Waals surface area (Å²) >= 11 is 3.16. The van der Waals surface area contributed by atoms with Crippen molar-refractivity contribution in [2.75, 3.05) is 12.9 Å². The Kier molecular flexibility index (Phi) is 7.86. The lowest BCUT2D eigenvalue weighted by Crippen LogP contribution is -2.10. The van der Waals surface area contributed by atoms with E-state index in [0.29, 0.717) is 33.3 Å². The maximum atomic E-state index is 14.3. The molecule has 37 heavy (non-hydrogen) atoms. The number of benzene rings is 2. The van der Waals surface area contributed by atoms with Crippen LogP contribution in [0.3, 0.4) is 0 Å². The number of sulfone groups is 1. The number of carboxylic acids is 1. The lowest BCUT2D eigenvalue weighted by Gasteiger charge is -2.11. The Bertz CT molecular complexity index is 1660. The third kappa shape index (κ3) is 5.96. The number of pyridine rings is 2. The van der Waals surface area contributed by atoms with Gasteiger partial charge in [0.05, 0.1) is 27.7 Å². The molecule has 4 aromatic rings. The molecule has 0 unspecified atom stereocenters. The van der Waals surface area contributed by atoms with Crippen LogP contribution < -0.4 is 4.74 Å². The van der Waals surface area contributed by atoms with Gasteiger partial charge in [-0.2, -0.15) is 0 Å². The fraction of sp³-hybridized carbons (Fsp3) is 0.148. The third-order valence-corrected chi connectivity index (χ3v) is 8.01. The van der Waals surface area contributed by atoms with Gasteiger partial charge in [-0.05, 0) is 82.9 Å². The van der Waals surface area contributed by atoms with Gasteiger partial charge in [0.15, 0.2) is 9.84 Å². The summed E-state index contributed by atoms with van der Waals surface area (Å²) in [4.78, 5) is 19.2. The van der Waals surface area contributed by atoms with Gasteiger partial charge in [0.1, 0.15) is 17.3 Å². The molecule has 0 saturated carbocycles. The number of hydrogen-bond donors (Lipinski definition) is 1. The van der Waals surface area contributed by atoms with Crippen LogP contribution in [0.25, 0.3) is 10.9 Å². The number of halogens is 2. The SMILES string of the molecule is COc1ccc(S(=O)(=O)CCCc2cc(F)c(Br)cc2C#Cc2ccc(C(=O)O)nc2)c2ncccc12. The molecular formula is C27H20BrFN2O5S. The molecule has 1 N–H and O–H groups in total. The largest absolute Gasteiger partial charge is 0.496 e. The van der Waals surface area contributed by atoms with E-state index in [2.05, 4.69) is 37.7 Å². The van der Waals surface area contributed by atoms with Crippen molar-refractivity contribution in [1.29, 1.82) is 0 Å². The fourth-order valence-corrected chi connectivity index (χ4v) is 5.58. The lowest BCUT2D eigenvalue weighted by molar-refractivity contribution is 0.0690. The van der Waals surface area contributed by atoms with Gasteiger partial charge < -0.3 is 9.84 Å². The van der Waals surface area contributed by atoms with E-state index in [0.717, 1.165) is 0 Å². The maximum absolute atomic E-state index is 14.3. The Balaban J connectivity index is 1.56. The molecule has 7 nitrogen and oxygen atoms in total. The van der Waals surface area contributed by atoms with Crippen LogP contribution in [0.2, 0.25) is 0 Å². The van der Waals surface area contributed by atoms with Gasteiger partial charge >= 0.3 is 5.97 Å². The zero-order valence-electron chi connectivity index (χ0n) is 19.5. The molecule has 10 heteroatoms. The Labute approximate surface area is 221 Å². The maximum Gasteiger partial charge on any atom is 0.354 e. The highest BCUT2D eigenvalue weighted by Gasteiger charge is 2.20. The Morgan fingerprint density at radius 3 is 2.65 bits per heavy atom. The van der Waals surface area contributed by atoms with Crippen LogP contribution in [0.1, 0.15) is 33.6 Å². The lowest BCUT2D eigenvalue weighted by atomic mass is 10.0. The molecule has 0 amide bonds. The van der Waals surface area contributed by atoms with Crippen LogP contribution in [0.4, 0.5) is 4.39 Å². The van der Waals surface area contributed by atoms with Crippen LogP contribution in [0.5, 0.6) is 5.75 Å². The van der Waals surface area contributed by atoms with Gasteiger partial charge in [0.2, 0.25) is 0 Å². The van der Waals surface area contributed by atoms with E-state index in [1.54, 1.807) is 18.2 Å². The first-order chi connectivity index (χ1) is 17.7. The average molecular weight is 583 g/mol. The minimum Gasteiger partial charge on any atom is -0.496 e. The van der Waals surface area contributed by atoms with Crippen LogP contribution in [-0.2, 0) is 16.3 Å².